The third kappa shape index (κ3) is 4.45. The summed E-state index contributed by atoms with van der Waals surface area (Å²) in [5.41, 5.74) is 0.704. The van der Waals surface area contributed by atoms with Crippen LogP contribution in [0.15, 0.2) is 30.3 Å². The highest BCUT2D eigenvalue weighted by Gasteiger charge is 2.23. The molecular weight excluding hydrogens is 396 g/mol. The molecule has 2 amide bonds. The van der Waals surface area contributed by atoms with E-state index >= 15 is 0 Å². The van der Waals surface area contributed by atoms with E-state index < -0.39 is 0 Å². The Balaban J connectivity index is 1.14. The van der Waals surface area contributed by atoms with E-state index in [9.17, 15) is 4.79 Å². The summed E-state index contributed by atoms with van der Waals surface area (Å²) >= 11 is 0. The van der Waals surface area contributed by atoms with Gasteiger partial charge in [0, 0.05) is 51.0 Å². The van der Waals surface area contributed by atoms with E-state index in [1.165, 1.54) is 19.3 Å². The molecule has 5 rings (SSSR count). The Labute approximate surface area is 181 Å². The zero-order valence-electron chi connectivity index (χ0n) is 17.6. The largest absolute Gasteiger partial charge is 0.486 e. The van der Waals surface area contributed by atoms with E-state index in [0.717, 1.165) is 37.8 Å². The number of rotatable bonds is 3. The van der Waals surface area contributed by atoms with Gasteiger partial charge in [-0.1, -0.05) is 0 Å². The molecule has 0 bridgehead atoms. The molecule has 0 spiro atoms. The first kappa shape index (κ1) is 19.7. The molecule has 9 heteroatoms. The van der Waals surface area contributed by atoms with Crippen molar-refractivity contribution in [3.8, 4) is 11.5 Å². The maximum atomic E-state index is 12.7. The number of carbonyl (C=O) groups is 1. The van der Waals surface area contributed by atoms with Gasteiger partial charge in [0.05, 0.1) is 0 Å². The second kappa shape index (κ2) is 8.87. The number of amides is 2. The molecule has 2 aromatic rings. The third-order valence-electron chi connectivity index (χ3n) is 6.00. The Morgan fingerprint density at radius 2 is 1.42 bits per heavy atom. The van der Waals surface area contributed by atoms with Crippen LogP contribution in [-0.2, 0) is 0 Å². The van der Waals surface area contributed by atoms with Crippen LogP contribution in [0.25, 0.3) is 0 Å². The standard InChI is InChI=1S/C22H28N6O3/c29-22(23-17-4-5-18-19(16-17)31-15-14-30-18)28-12-10-27(11-13-28)21-7-6-20(24-25-21)26-8-2-1-3-9-26/h4-7,16H,1-3,8-15H2,(H,23,29). The molecule has 9 nitrogen and oxygen atoms in total. The molecule has 0 saturated carbocycles. The van der Waals surface area contributed by atoms with Gasteiger partial charge in [-0.25, -0.2) is 4.79 Å². The lowest BCUT2D eigenvalue weighted by Gasteiger charge is -2.35. The molecule has 2 fully saturated rings. The molecule has 164 valence electrons. The minimum atomic E-state index is -0.108. The van der Waals surface area contributed by atoms with Crippen molar-refractivity contribution in [2.75, 3.05) is 67.6 Å². The number of carbonyl (C=O) groups excluding carboxylic acids is 1. The number of benzene rings is 1. The number of nitrogens with one attached hydrogen (secondary N) is 1. The van der Waals surface area contributed by atoms with Gasteiger partial charge in [-0.05, 0) is 43.5 Å². The van der Waals surface area contributed by atoms with Gasteiger partial charge in [0.2, 0.25) is 0 Å². The van der Waals surface area contributed by atoms with Crippen LogP contribution in [0.5, 0.6) is 11.5 Å². The quantitative estimate of drug-likeness (QED) is 0.811. The molecular formula is C22H28N6O3. The van der Waals surface area contributed by atoms with Crippen molar-refractivity contribution in [2.24, 2.45) is 0 Å². The monoisotopic (exact) mass is 424 g/mol. The van der Waals surface area contributed by atoms with E-state index in [1.54, 1.807) is 0 Å². The lowest BCUT2D eigenvalue weighted by Crippen LogP contribution is -2.50. The predicted octanol–water partition coefficient (Wildman–Crippen LogP) is 2.59. The fraction of sp³-hybridized carbons (Fsp3) is 0.500. The summed E-state index contributed by atoms with van der Waals surface area (Å²) < 4.78 is 11.1. The van der Waals surface area contributed by atoms with Crippen molar-refractivity contribution in [1.29, 1.82) is 0 Å². The van der Waals surface area contributed by atoms with Crippen LogP contribution < -0.4 is 24.6 Å². The number of hydrogen-bond donors (Lipinski definition) is 1. The molecule has 1 aromatic heterocycles. The van der Waals surface area contributed by atoms with Gasteiger partial charge in [0.1, 0.15) is 13.2 Å². The van der Waals surface area contributed by atoms with Gasteiger partial charge in [0.15, 0.2) is 23.1 Å². The van der Waals surface area contributed by atoms with Gasteiger partial charge in [-0.3, -0.25) is 0 Å². The fourth-order valence-corrected chi connectivity index (χ4v) is 4.24. The zero-order chi connectivity index (χ0) is 21.0. The first-order chi connectivity index (χ1) is 15.3. The number of piperidine rings is 1. The van der Waals surface area contributed by atoms with Crippen LogP contribution >= 0.6 is 0 Å². The Morgan fingerprint density at radius 3 is 2.10 bits per heavy atom. The molecule has 0 radical (unpaired) electrons. The first-order valence-electron chi connectivity index (χ1n) is 11.1. The van der Waals surface area contributed by atoms with Crippen LogP contribution in [0, 0.1) is 0 Å². The summed E-state index contributed by atoms with van der Waals surface area (Å²) in [6, 6.07) is 9.47. The van der Waals surface area contributed by atoms with Crippen molar-refractivity contribution in [1.82, 2.24) is 15.1 Å². The first-order valence-corrected chi connectivity index (χ1v) is 11.1. The minimum absolute atomic E-state index is 0.108. The van der Waals surface area contributed by atoms with E-state index in [-0.39, 0.29) is 6.03 Å². The molecule has 1 aromatic carbocycles. The van der Waals surface area contributed by atoms with Gasteiger partial charge in [0.25, 0.3) is 0 Å². The summed E-state index contributed by atoms with van der Waals surface area (Å²) in [7, 11) is 0. The molecule has 1 N–H and O–H groups in total. The molecule has 31 heavy (non-hydrogen) atoms. The number of nitrogens with zero attached hydrogens (tertiary/aromatic N) is 5. The number of urea groups is 1. The second-order valence-electron chi connectivity index (χ2n) is 8.06. The summed E-state index contributed by atoms with van der Waals surface area (Å²) in [5, 5.41) is 11.8. The maximum absolute atomic E-state index is 12.7. The molecule has 0 unspecified atom stereocenters. The Morgan fingerprint density at radius 1 is 0.774 bits per heavy atom. The van der Waals surface area contributed by atoms with E-state index in [4.69, 9.17) is 9.47 Å². The van der Waals surface area contributed by atoms with Crippen LogP contribution in [0.1, 0.15) is 19.3 Å². The van der Waals surface area contributed by atoms with Crippen molar-refractivity contribution in [3.63, 3.8) is 0 Å². The number of piperazine rings is 1. The van der Waals surface area contributed by atoms with Gasteiger partial charge >= 0.3 is 6.03 Å². The lowest BCUT2D eigenvalue weighted by atomic mass is 10.1. The Bertz CT molecular complexity index is 908. The lowest BCUT2D eigenvalue weighted by molar-refractivity contribution is 0.171. The SMILES string of the molecule is O=C(Nc1ccc2c(c1)OCCO2)N1CCN(c2ccc(N3CCCCC3)nn2)CC1. The highest BCUT2D eigenvalue weighted by Crippen LogP contribution is 2.32. The van der Waals surface area contributed by atoms with Crippen LogP contribution in [0.3, 0.4) is 0 Å². The summed E-state index contributed by atoms with van der Waals surface area (Å²) in [4.78, 5) is 19.0. The number of ether oxygens (including phenoxy) is 2. The van der Waals surface area contributed by atoms with Gasteiger partial charge in [-0.2, -0.15) is 0 Å². The van der Waals surface area contributed by atoms with Crippen LogP contribution in [0.2, 0.25) is 0 Å². The normalized spacial score (nSPS) is 18.6. The Kier molecular flexibility index (Phi) is 5.64. The number of hydrogen-bond acceptors (Lipinski definition) is 7. The predicted molar refractivity (Wildman–Crippen MR) is 118 cm³/mol. The average Bonchev–Trinajstić information content (AvgIpc) is 2.85. The Hall–Kier alpha value is -3.23. The fourth-order valence-electron chi connectivity index (χ4n) is 4.24. The third-order valence-corrected chi connectivity index (χ3v) is 6.00. The van der Waals surface area contributed by atoms with Gasteiger partial charge < -0.3 is 29.5 Å². The molecule has 3 aliphatic heterocycles. The highest BCUT2D eigenvalue weighted by atomic mass is 16.6. The average molecular weight is 425 g/mol. The van der Waals surface area contributed by atoms with Crippen molar-refractivity contribution >= 4 is 23.4 Å². The summed E-state index contributed by atoms with van der Waals surface area (Å²) in [6.07, 6.45) is 3.74. The second-order valence-corrected chi connectivity index (χ2v) is 8.06. The number of anilines is 3. The molecule has 4 heterocycles. The van der Waals surface area contributed by atoms with Crippen molar-refractivity contribution in [3.05, 3.63) is 30.3 Å². The van der Waals surface area contributed by atoms with Crippen LogP contribution in [0.4, 0.5) is 22.1 Å². The topological polar surface area (TPSA) is 83.1 Å². The van der Waals surface area contributed by atoms with E-state index in [2.05, 4.69) is 31.4 Å². The van der Waals surface area contributed by atoms with Gasteiger partial charge in [-0.15, -0.1) is 10.2 Å². The maximum Gasteiger partial charge on any atom is 0.321 e. The summed E-state index contributed by atoms with van der Waals surface area (Å²) in [6.45, 7) is 5.91. The molecule has 0 aliphatic carbocycles. The molecule has 0 atom stereocenters. The van der Waals surface area contributed by atoms with E-state index in [0.29, 0.717) is 43.5 Å². The zero-order valence-corrected chi connectivity index (χ0v) is 17.6. The summed E-state index contributed by atoms with van der Waals surface area (Å²) in [5.74, 6) is 3.21. The number of fused-ring (bicyclic) bond motifs is 1. The smallest absolute Gasteiger partial charge is 0.321 e. The molecule has 2 saturated heterocycles. The molecule has 3 aliphatic rings. The van der Waals surface area contributed by atoms with Crippen molar-refractivity contribution < 1.29 is 14.3 Å². The van der Waals surface area contributed by atoms with Crippen molar-refractivity contribution in [2.45, 2.75) is 19.3 Å². The minimum Gasteiger partial charge on any atom is -0.486 e. The number of aromatic nitrogens is 2. The van der Waals surface area contributed by atoms with Crippen LogP contribution in [-0.4, -0.2) is 73.6 Å². The van der Waals surface area contributed by atoms with E-state index in [1.807, 2.05) is 29.2 Å². The highest BCUT2D eigenvalue weighted by molar-refractivity contribution is 5.90.